The number of rotatable bonds is 6. The van der Waals surface area contributed by atoms with Crippen LogP contribution in [0.3, 0.4) is 0 Å². The number of aromatic carboxylic acids is 1. The normalized spacial score (nSPS) is 15.9. The van der Waals surface area contributed by atoms with Crippen LogP contribution in [0.2, 0.25) is 0 Å². The van der Waals surface area contributed by atoms with Gasteiger partial charge in [0.2, 0.25) is 5.91 Å². The number of hydrogen-bond donors (Lipinski definition) is 2. The Bertz CT molecular complexity index is 807. The van der Waals surface area contributed by atoms with Gasteiger partial charge in [0.25, 0.3) is 0 Å². The van der Waals surface area contributed by atoms with Gasteiger partial charge in [0.1, 0.15) is 0 Å². The quantitative estimate of drug-likeness (QED) is 0.823. The molecule has 0 atom stereocenters. The lowest BCUT2D eigenvalue weighted by Gasteiger charge is -2.39. The summed E-state index contributed by atoms with van der Waals surface area (Å²) in [6.07, 6.45) is 2.00. The van der Waals surface area contributed by atoms with Crippen molar-refractivity contribution in [3.63, 3.8) is 0 Å². The molecule has 1 amide bonds. The van der Waals surface area contributed by atoms with Gasteiger partial charge in [0, 0.05) is 25.2 Å². The van der Waals surface area contributed by atoms with E-state index in [-0.39, 0.29) is 23.3 Å². The molecule has 1 heterocycles. The van der Waals surface area contributed by atoms with Crippen molar-refractivity contribution in [2.45, 2.75) is 31.6 Å². The van der Waals surface area contributed by atoms with Crippen molar-refractivity contribution in [2.75, 3.05) is 19.8 Å². The number of ether oxygens (including phenoxy) is 1. The number of benzene rings is 2. The highest BCUT2D eigenvalue weighted by atomic mass is 16.5. The van der Waals surface area contributed by atoms with E-state index in [2.05, 4.69) is 24.4 Å². The zero-order valence-electron chi connectivity index (χ0n) is 15.5. The van der Waals surface area contributed by atoms with Crippen LogP contribution < -0.4 is 5.32 Å². The Labute approximate surface area is 159 Å². The Morgan fingerprint density at radius 2 is 1.74 bits per heavy atom. The number of hydrogen-bond acceptors (Lipinski definition) is 3. The Kier molecular flexibility index (Phi) is 5.91. The first-order valence-electron chi connectivity index (χ1n) is 9.23. The predicted octanol–water partition coefficient (Wildman–Crippen LogP) is 3.10. The fourth-order valence-electron chi connectivity index (χ4n) is 3.75. The lowest BCUT2D eigenvalue weighted by molar-refractivity contribution is -0.121. The SMILES string of the molecule is Cc1ccccc1C1(CNC(=O)Cc2ccc(C(=O)O)cc2)CCOCC1. The lowest BCUT2D eigenvalue weighted by atomic mass is 9.72. The number of carboxylic acids is 1. The highest BCUT2D eigenvalue weighted by Crippen LogP contribution is 2.36. The van der Waals surface area contributed by atoms with E-state index in [0.717, 1.165) is 18.4 Å². The summed E-state index contributed by atoms with van der Waals surface area (Å²) in [5, 5.41) is 12.0. The van der Waals surface area contributed by atoms with E-state index in [1.54, 1.807) is 12.1 Å². The molecule has 5 heteroatoms. The molecule has 0 bridgehead atoms. The maximum atomic E-state index is 12.5. The summed E-state index contributed by atoms with van der Waals surface area (Å²) in [6.45, 7) is 4.08. The molecular weight excluding hydrogens is 342 g/mol. The molecule has 3 rings (SSSR count). The summed E-state index contributed by atoms with van der Waals surface area (Å²) < 4.78 is 5.56. The molecule has 0 aliphatic carbocycles. The molecule has 0 radical (unpaired) electrons. The molecule has 1 fully saturated rings. The van der Waals surface area contributed by atoms with Crippen LogP contribution in [0.25, 0.3) is 0 Å². The monoisotopic (exact) mass is 367 g/mol. The minimum Gasteiger partial charge on any atom is -0.478 e. The van der Waals surface area contributed by atoms with E-state index < -0.39 is 5.97 Å². The van der Waals surface area contributed by atoms with Crippen LogP contribution in [0.4, 0.5) is 0 Å². The van der Waals surface area contributed by atoms with Crippen LogP contribution in [0, 0.1) is 6.92 Å². The molecule has 1 aliphatic rings. The van der Waals surface area contributed by atoms with Crippen LogP contribution in [0.5, 0.6) is 0 Å². The van der Waals surface area contributed by atoms with E-state index in [9.17, 15) is 9.59 Å². The first kappa shape index (κ1) is 19.1. The maximum absolute atomic E-state index is 12.5. The maximum Gasteiger partial charge on any atom is 0.335 e. The molecule has 1 saturated heterocycles. The Balaban J connectivity index is 1.67. The Morgan fingerprint density at radius 3 is 2.37 bits per heavy atom. The molecule has 2 aromatic rings. The number of carboxylic acid groups (broad SMARTS) is 1. The van der Waals surface area contributed by atoms with Crippen molar-refractivity contribution in [1.29, 1.82) is 0 Å². The topological polar surface area (TPSA) is 75.6 Å². The second-order valence-corrected chi connectivity index (χ2v) is 7.16. The molecule has 2 N–H and O–H groups in total. The second-order valence-electron chi connectivity index (χ2n) is 7.16. The highest BCUT2D eigenvalue weighted by molar-refractivity contribution is 5.87. The van der Waals surface area contributed by atoms with Gasteiger partial charge in [0.05, 0.1) is 12.0 Å². The first-order chi connectivity index (χ1) is 13.0. The lowest BCUT2D eigenvalue weighted by Crippen LogP contribution is -2.45. The summed E-state index contributed by atoms with van der Waals surface area (Å²) in [6, 6.07) is 14.8. The van der Waals surface area contributed by atoms with Crippen molar-refractivity contribution in [2.24, 2.45) is 0 Å². The summed E-state index contributed by atoms with van der Waals surface area (Å²) in [5.41, 5.74) is 3.43. The molecule has 1 aliphatic heterocycles. The molecule has 142 valence electrons. The largest absolute Gasteiger partial charge is 0.478 e. The molecule has 0 aromatic heterocycles. The van der Waals surface area contributed by atoms with Crippen molar-refractivity contribution in [3.8, 4) is 0 Å². The van der Waals surface area contributed by atoms with Gasteiger partial charge in [-0.15, -0.1) is 0 Å². The number of aryl methyl sites for hydroxylation is 1. The highest BCUT2D eigenvalue weighted by Gasteiger charge is 2.35. The second kappa shape index (κ2) is 8.35. The van der Waals surface area contributed by atoms with Crippen LogP contribution in [-0.2, 0) is 21.4 Å². The Hall–Kier alpha value is -2.66. The smallest absolute Gasteiger partial charge is 0.335 e. The molecule has 0 saturated carbocycles. The van der Waals surface area contributed by atoms with Crippen molar-refractivity contribution >= 4 is 11.9 Å². The van der Waals surface area contributed by atoms with Crippen LogP contribution >= 0.6 is 0 Å². The third-order valence-corrected chi connectivity index (χ3v) is 5.36. The molecule has 0 unspecified atom stereocenters. The van der Waals surface area contributed by atoms with Gasteiger partial charge in [0.15, 0.2) is 0 Å². The first-order valence-corrected chi connectivity index (χ1v) is 9.23. The minimum absolute atomic E-state index is 0.0578. The zero-order chi connectivity index (χ0) is 19.3. The van der Waals surface area contributed by atoms with Gasteiger partial charge in [-0.25, -0.2) is 4.79 Å². The molecule has 5 nitrogen and oxygen atoms in total. The van der Waals surface area contributed by atoms with Gasteiger partial charge in [-0.2, -0.15) is 0 Å². The zero-order valence-corrected chi connectivity index (χ0v) is 15.5. The van der Waals surface area contributed by atoms with Gasteiger partial charge >= 0.3 is 5.97 Å². The number of nitrogens with one attached hydrogen (secondary N) is 1. The standard InChI is InChI=1S/C22H25NO4/c1-16-4-2-3-5-19(16)22(10-12-27-13-11-22)15-23-20(24)14-17-6-8-18(9-7-17)21(25)26/h2-9H,10-15H2,1H3,(H,23,24)(H,25,26). The molecule has 0 spiro atoms. The van der Waals surface area contributed by atoms with Gasteiger partial charge in [-0.05, 0) is 48.6 Å². The van der Waals surface area contributed by atoms with E-state index in [0.29, 0.717) is 19.8 Å². The van der Waals surface area contributed by atoms with Crippen LogP contribution in [-0.4, -0.2) is 36.7 Å². The predicted molar refractivity (Wildman–Crippen MR) is 103 cm³/mol. The fourth-order valence-corrected chi connectivity index (χ4v) is 3.75. The van der Waals surface area contributed by atoms with Gasteiger partial charge in [-0.3, -0.25) is 4.79 Å². The average molecular weight is 367 g/mol. The number of amides is 1. The summed E-state index contributed by atoms with van der Waals surface area (Å²) >= 11 is 0. The minimum atomic E-state index is -0.967. The average Bonchev–Trinajstić information content (AvgIpc) is 2.68. The summed E-state index contributed by atoms with van der Waals surface area (Å²) in [4.78, 5) is 23.4. The number of carbonyl (C=O) groups excluding carboxylic acids is 1. The Morgan fingerprint density at radius 1 is 1.07 bits per heavy atom. The van der Waals surface area contributed by atoms with Crippen LogP contribution in [0.15, 0.2) is 48.5 Å². The van der Waals surface area contributed by atoms with Crippen molar-refractivity contribution in [3.05, 3.63) is 70.8 Å². The third kappa shape index (κ3) is 4.55. The third-order valence-electron chi connectivity index (χ3n) is 5.36. The van der Waals surface area contributed by atoms with Gasteiger partial charge < -0.3 is 15.2 Å². The van der Waals surface area contributed by atoms with Crippen LogP contribution in [0.1, 0.15) is 39.9 Å². The van der Waals surface area contributed by atoms with E-state index in [1.165, 1.54) is 23.3 Å². The fraction of sp³-hybridized carbons (Fsp3) is 0.364. The molecule has 2 aromatic carbocycles. The van der Waals surface area contributed by atoms with E-state index >= 15 is 0 Å². The summed E-state index contributed by atoms with van der Waals surface area (Å²) in [5.74, 6) is -1.02. The van der Waals surface area contributed by atoms with Crippen molar-refractivity contribution < 1.29 is 19.4 Å². The molecular formula is C22H25NO4. The van der Waals surface area contributed by atoms with E-state index in [4.69, 9.17) is 9.84 Å². The van der Waals surface area contributed by atoms with Crippen molar-refractivity contribution in [1.82, 2.24) is 5.32 Å². The molecule has 27 heavy (non-hydrogen) atoms. The van der Waals surface area contributed by atoms with Gasteiger partial charge in [-0.1, -0.05) is 36.4 Å². The van der Waals surface area contributed by atoms with E-state index in [1.807, 2.05) is 12.1 Å². The number of carbonyl (C=O) groups is 2. The summed E-state index contributed by atoms with van der Waals surface area (Å²) in [7, 11) is 0.